The molecule has 0 heterocycles. The first-order valence-corrected chi connectivity index (χ1v) is 7.64. The van der Waals surface area contributed by atoms with E-state index in [0.29, 0.717) is 12.2 Å². The molecule has 2 heteroatoms. The lowest BCUT2D eigenvalue weighted by molar-refractivity contribution is -0.128. The molecule has 0 aromatic heterocycles. The first-order chi connectivity index (χ1) is 9.36. The number of ketones is 1. The molecule has 0 amide bonds. The van der Waals surface area contributed by atoms with Crippen molar-refractivity contribution in [2.75, 3.05) is 14.1 Å². The van der Waals surface area contributed by atoms with Gasteiger partial charge in [0.25, 0.3) is 0 Å². The van der Waals surface area contributed by atoms with Gasteiger partial charge in [-0.25, -0.2) is 0 Å². The van der Waals surface area contributed by atoms with Crippen LogP contribution in [-0.2, 0) is 11.2 Å². The highest BCUT2D eigenvalue weighted by atomic mass is 16.1. The number of carbonyl (C=O) groups excluding carboxylic acids is 1. The molecule has 0 unspecified atom stereocenters. The normalized spacial score (nSPS) is 17.7. The first-order valence-electron chi connectivity index (χ1n) is 7.64. The van der Waals surface area contributed by atoms with E-state index in [9.17, 15) is 4.79 Å². The van der Waals surface area contributed by atoms with Crippen molar-refractivity contribution < 1.29 is 4.79 Å². The van der Waals surface area contributed by atoms with Gasteiger partial charge in [0.1, 0.15) is 0 Å². The van der Waals surface area contributed by atoms with Crippen LogP contribution in [0.25, 0.3) is 0 Å². The smallest absolute Gasteiger partial charge is 0.157 e. The Kier molecular flexibility index (Phi) is 4.33. The van der Waals surface area contributed by atoms with Gasteiger partial charge in [0, 0.05) is 6.42 Å². The zero-order valence-electron chi connectivity index (χ0n) is 13.5. The van der Waals surface area contributed by atoms with Crippen LogP contribution < -0.4 is 0 Å². The molecule has 1 fully saturated rings. The molecule has 0 spiro atoms. The Bertz CT molecular complexity index is 487. The van der Waals surface area contributed by atoms with E-state index in [2.05, 4.69) is 51.9 Å². The Hall–Kier alpha value is -1.15. The van der Waals surface area contributed by atoms with Gasteiger partial charge >= 0.3 is 0 Å². The molecule has 2 rings (SSSR count). The fourth-order valence-corrected chi connectivity index (χ4v) is 3.75. The highest BCUT2D eigenvalue weighted by Gasteiger charge is 2.42. The van der Waals surface area contributed by atoms with Crippen LogP contribution in [0.4, 0.5) is 0 Å². The number of hydrogen-bond donors (Lipinski definition) is 0. The molecular formula is C18H27NO. The number of hydrogen-bond acceptors (Lipinski definition) is 2. The third kappa shape index (κ3) is 2.67. The fraction of sp³-hybridized carbons (Fsp3) is 0.611. The summed E-state index contributed by atoms with van der Waals surface area (Å²) in [5.74, 6) is 0.398. The van der Waals surface area contributed by atoms with Gasteiger partial charge in [-0.15, -0.1) is 0 Å². The van der Waals surface area contributed by atoms with E-state index in [1.54, 1.807) is 0 Å². The molecular weight excluding hydrogens is 246 g/mol. The molecule has 0 atom stereocenters. The second-order valence-corrected chi connectivity index (χ2v) is 6.61. The van der Waals surface area contributed by atoms with Gasteiger partial charge in [-0.05, 0) is 64.4 Å². The third-order valence-corrected chi connectivity index (χ3v) is 4.98. The number of Topliss-reactive ketones (excluding diaryl/α,β-unsaturated/α-hetero) is 1. The largest absolute Gasteiger partial charge is 0.297 e. The lowest BCUT2D eigenvalue weighted by atomic mass is 9.84. The summed E-state index contributed by atoms with van der Waals surface area (Å²) in [7, 11) is 4.11. The minimum atomic E-state index is -0.218. The number of aryl methyl sites for hydroxylation is 3. The van der Waals surface area contributed by atoms with Crippen LogP contribution in [0.5, 0.6) is 0 Å². The molecule has 0 bridgehead atoms. The summed E-state index contributed by atoms with van der Waals surface area (Å²) >= 11 is 0. The lowest BCUT2D eigenvalue weighted by Gasteiger charge is -2.35. The van der Waals surface area contributed by atoms with Gasteiger partial charge in [-0.3, -0.25) is 9.69 Å². The van der Waals surface area contributed by atoms with E-state index in [1.165, 1.54) is 35.1 Å². The van der Waals surface area contributed by atoms with Gasteiger partial charge in [-0.2, -0.15) is 0 Å². The highest BCUT2D eigenvalue weighted by Crippen LogP contribution is 2.36. The molecule has 0 saturated heterocycles. The van der Waals surface area contributed by atoms with Crippen molar-refractivity contribution in [2.24, 2.45) is 0 Å². The van der Waals surface area contributed by atoms with Crippen molar-refractivity contribution in [3.05, 3.63) is 34.4 Å². The summed E-state index contributed by atoms with van der Waals surface area (Å²) < 4.78 is 0. The number of carbonyl (C=O) groups is 1. The second-order valence-electron chi connectivity index (χ2n) is 6.61. The predicted octanol–water partition coefficient (Wildman–Crippen LogP) is 3.60. The zero-order chi connectivity index (χ0) is 14.9. The van der Waals surface area contributed by atoms with Gasteiger partial charge in [-0.1, -0.05) is 30.5 Å². The maximum absolute atomic E-state index is 12.9. The summed E-state index contributed by atoms with van der Waals surface area (Å²) in [6.07, 6.45) is 4.97. The third-order valence-electron chi connectivity index (χ3n) is 4.98. The van der Waals surface area contributed by atoms with Crippen molar-refractivity contribution in [3.8, 4) is 0 Å². The summed E-state index contributed by atoms with van der Waals surface area (Å²) in [6, 6.07) is 4.37. The van der Waals surface area contributed by atoms with Crippen LogP contribution >= 0.6 is 0 Å². The van der Waals surface area contributed by atoms with Crippen LogP contribution in [0, 0.1) is 20.8 Å². The van der Waals surface area contributed by atoms with E-state index >= 15 is 0 Å². The number of likely N-dealkylation sites (N-methyl/N-ethyl adjacent to an activating group) is 1. The van der Waals surface area contributed by atoms with E-state index in [4.69, 9.17) is 0 Å². The van der Waals surface area contributed by atoms with Crippen molar-refractivity contribution >= 4 is 5.78 Å². The van der Waals surface area contributed by atoms with Gasteiger partial charge < -0.3 is 0 Å². The monoisotopic (exact) mass is 273 g/mol. The topological polar surface area (TPSA) is 20.3 Å². The van der Waals surface area contributed by atoms with Gasteiger partial charge in [0.05, 0.1) is 5.54 Å². The number of rotatable bonds is 4. The Morgan fingerprint density at radius 1 is 1.10 bits per heavy atom. The number of nitrogens with zero attached hydrogens (tertiary/aromatic N) is 1. The summed E-state index contributed by atoms with van der Waals surface area (Å²) in [5, 5.41) is 0. The molecule has 1 aliphatic rings. The van der Waals surface area contributed by atoms with Crippen LogP contribution in [0.1, 0.15) is 47.9 Å². The SMILES string of the molecule is Cc1cc(C)c(CC(=O)C2(N(C)C)CCCC2)c(C)c1. The van der Waals surface area contributed by atoms with E-state index in [1.807, 2.05) is 0 Å². The molecule has 0 aliphatic heterocycles. The molecule has 2 nitrogen and oxygen atoms in total. The second kappa shape index (κ2) is 5.69. The van der Waals surface area contributed by atoms with Crippen molar-refractivity contribution in [1.82, 2.24) is 4.90 Å². The predicted molar refractivity (Wildman–Crippen MR) is 84.3 cm³/mol. The lowest BCUT2D eigenvalue weighted by Crippen LogP contribution is -2.49. The Labute approximate surface area is 123 Å². The number of benzene rings is 1. The van der Waals surface area contributed by atoms with Crippen molar-refractivity contribution in [1.29, 1.82) is 0 Å². The maximum Gasteiger partial charge on any atom is 0.157 e. The first kappa shape index (κ1) is 15.2. The average molecular weight is 273 g/mol. The van der Waals surface area contributed by atoms with E-state index in [-0.39, 0.29) is 5.54 Å². The van der Waals surface area contributed by atoms with Crippen LogP contribution in [0.3, 0.4) is 0 Å². The quantitative estimate of drug-likeness (QED) is 0.835. The van der Waals surface area contributed by atoms with Crippen molar-refractivity contribution in [3.63, 3.8) is 0 Å². The fourth-order valence-electron chi connectivity index (χ4n) is 3.75. The van der Waals surface area contributed by atoms with E-state index in [0.717, 1.165) is 12.8 Å². The zero-order valence-corrected chi connectivity index (χ0v) is 13.5. The van der Waals surface area contributed by atoms with Crippen LogP contribution in [-0.4, -0.2) is 30.3 Å². The molecule has 1 aromatic carbocycles. The average Bonchev–Trinajstić information content (AvgIpc) is 2.83. The molecule has 110 valence electrons. The molecule has 1 aromatic rings. The standard InChI is InChI=1S/C18H27NO/c1-13-10-14(2)16(15(3)11-13)12-17(20)18(19(4)5)8-6-7-9-18/h10-11H,6-9,12H2,1-5H3. The van der Waals surface area contributed by atoms with Crippen molar-refractivity contribution in [2.45, 2.75) is 58.4 Å². The molecule has 1 aliphatic carbocycles. The minimum absolute atomic E-state index is 0.218. The summed E-state index contributed by atoms with van der Waals surface area (Å²) in [4.78, 5) is 15.1. The molecule has 0 radical (unpaired) electrons. The molecule has 1 saturated carbocycles. The van der Waals surface area contributed by atoms with Gasteiger partial charge in [0.2, 0.25) is 0 Å². The summed E-state index contributed by atoms with van der Waals surface area (Å²) in [6.45, 7) is 6.36. The molecule has 0 N–H and O–H groups in total. The Morgan fingerprint density at radius 3 is 2.05 bits per heavy atom. The Balaban J connectivity index is 2.28. The van der Waals surface area contributed by atoms with Crippen LogP contribution in [0.2, 0.25) is 0 Å². The molecule has 20 heavy (non-hydrogen) atoms. The highest BCUT2D eigenvalue weighted by molar-refractivity contribution is 5.91. The van der Waals surface area contributed by atoms with Gasteiger partial charge in [0.15, 0.2) is 5.78 Å². The minimum Gasteiger partial charge on any atom is -0.297 e. The Morgan fingerprint density at radius 2 is 1.60 bits per heavy atom. The maximum atomic E-state index is 12.9. The summed E-state index contributed by atoms with van der Waals surface area (Å²) in [5.41, 5.74) is 4.79. The van der Waals surface area contributed by atoms with Crippen LogP contribution in [0.15, 0.2) is 12.1 Å². The van der Waals surface area contributed by atoms with E-state index < -0.39 is 0 Å².